The smallest absolute Gasteiger partial charge is 0.134 e. The Kier molecular flexibility index (Phi) is 2.94. The van der Waals surface area contributed by atoms with Crippen LogP contribution in [0.1, 0.15) is 50.4 Å². The number of rotatable bonds is 1. The minimum atomic E-state index is 0.231. The van der Waals surface area contributed by atoms with Crippen molar-refractivity contribution in [1.29, 1.82) is 0 Å². The maximum Gasteiger partial charge on any atom is 0.134 e. The quantitative estimate of drug-likeness (QED) is 0.824. The molecule has 2 atom stereocenters. The van der Waals surface area contributed by atoms with E-state index >= 15 is 0 Å². The Balaban J connectivity index is 1.98. The number of hydrogen-bond donors (Lipinski definition) is 1. The van der Waals surface area contributed by atoms with Crippen molar-refractivity contribution in [3.05, 3.63) is 35.6 Å². The topological polar surface area (TPSA) is 39.2 Å². The number of nitrogens with two attached hydrogens (primary N) is 1. The predicted octanol–water partition coefficient (Wildman–Crippen LogP) is 4.36. The second kappa shape index (κ2) is 4.38. The number of aryl methyl sites for hydroxylation is 1. The summed E-state index contributed by atoms with van der Waals surface area (Å²) >= 11 is 0. The first kappa shape index (κ1) is 12.7. The SMILES string of the molecule is Cc1ccc2oc(C3CC(C)(C)CCC3N)cc2c1. The third-order valence-electron chi connectivity index (χ3n) is 4.50. The Labute approximate surface area is 115 Å². The molecule has 1 heterocycles. The van der Waals surface area contributed by atoms with E-state index in [0.717, 1.165) is 24.2 Å². The molecule has 102 valence electrons. The van der Waals surface area contributed by atoms with Crippen molar-refractivity contribution in [1.82, 2.24) is 0 Å². The summed E-state index contributed by atoms with van der Waals surface area (Å²) in [5, 5.41) is 1.20. The highest BCUT2D eigenvalue weighted by molar-refractivity contribution is 5.78. The molecule has 0 spiro atoms. The molecule has 1 aliphatic carbocycles. The zero-order valence-electron chi connectivity index (χ0n) is 12.1. The molecule has 19 heavy (non-hydrogen) atoms. The fourth-order valence-corrected chi connectivity index (χ4v) is 3.28. The normalized spacial score (nSPS) is 26.7. The minimum absolute atomic E-state index is 0.231. The summed E-state index contributed by atoms with van der Waals surface area (Å²) in [6.45, 7) is 6.78. The van der Waals surface area contributed by atoms with Crippen molar-refractivity contribution in [3.63, 3.8) is 0 Å². The van der Waals surface area contributed by atoms with Crippen molar-refractivity contribution in [2.24, 2.45) is 11.1 Å². The van der Waals surface area contributed by atoms with Crippen LogP contribution in [0.5, 0.6) is 0 Å². The van der Waals surface area contributed by atoms with Gasteiger partial charge < -0.3 is 10.2 Å². The van der Waals surface area contributed by atoms with Gasteiger partial charge in [-0.1, -0.05) is 25.5 Å². The lowest BCUT2D eigenvalue weighted by molar-refractivity contribution is 0.186. The fourth-order valence-electron chi connectivity index (χ4n) is 3.28. The molecule has 2 nitrogen and oxygen atoms in total. The van der Waals surface area contributed by atoms with Crippen LogP contribution in [0.15, 0.2) is 28.7 Å². The summed E-state index contributed by atoms with van der Waals surface area (Å²) in [6.07, 6.45) is 3.42. The molecule has 1 aliphatic rings. The van der Waals surface area contributed by atoms with Gasteiger partial charge >= 0.3 is 0 Å². The van der Waals surface area contributed by atoms with Crippen molar-refractivity contribution in [2.45, 2.75) is 52.0 Å². The third kappa shape index (κ3) is 2.42. The molecule has 0 saturated heterocycles. The van der Waals surface area contributed by atoms with Gasteiger partial charge in [-0.3, -0.25) is 0 Å². The number of fused-ring (bicyclic) bond motifs is 1. The Morgan fingerprint density at radius 1 is 1.26 bits per heavy atom. The van der Waals surface area contributed by atoms with Crippen LogP contribution in [0.4, 0.5) is 0 Å². The van der Waals surface area contributed by atoms with Crippen LogP contribution in [0.3, 0.4) is 0 Å². The van der Waals surface area contributed by atoms with E-state index in [2.05, 4.69) is 45.0 Å². The Hall–Kier alpha value is -1.28. The molecule has 1 fully saturated rings. The maximum absolute atomic E-state index is 6.32. The van der Waals surface area contributed by atoms with Crippen molar-refractivity contribution < 1.29 is 4.42 Å². The summed E-state index contributed by atoms with van der Waals surface area (Å²) in [5.74, 6) is 1.43. The van der Waals surface area contributed by atoms with E-state index in [1.165, 1.54) is 17.4 Å². The molecule has 2 N–H and O–H groups in total. The first-order chi connectivity index (χ1) is 8.94. The van der Waals surface area contributed by atoms with Crippen LogP contribution >= 0.6 is 0 Å². The van der Waals surface area contributed by atoms with Crippen molar-refractivity contribution in [2.75, 3.05) is 0 Å². The lowest BCUT2D eigenvalue weighted by Crippen LogP contribution is -2.37. The molecule has 0 aliphatic heterocycles. The zero-order valence-corrected chi connectivity index (χ0v) is 12.1. The maximum atomic E-state index is 6.32. The molecular formula is C17H23NO. The first-order valence-electron chi connectivity index (χ1n) is 7.20. The van der Waals surface area contributed by atoms with Gasteiger partial charge in [-0.25, -0.2) is 0 Å². The lowest BCUT2D eigenvalue weighted by Gasteiger charge is -2.38. The van der Waals surface area contributed by atoms with Gasteiger partial charge in [0.05, 0.1) is 0 Å². The lowest BCUT2D eigenvalue weighted by atomic mass is 9.69. The van der Waals surface area contributed by atoms with Gasteiger partial charge in [-0.05, 0) is 49.8 Å². The third-order valence-corrected chi connectivity index (χ3v) is 4.50. The van der Waals surface area contributed by atoms with Crippen LogP contribution in [0.25, 0.3) is 11.0 Å². The van der Waals surface area contributed by atoms with E-state index in [1.807, 2.05) is 0 Å². The number of hydrogen-bond acceptors (Lipinski definition) is 2. The van der Waals surface area contributed by atoms with Gasteiger partial charge in [0.2, 0.25) is 0 Å². The molecular weight excluding hydrogens is 234 g/mol. The predicted molar refractivity (Wildman–Crippen MR) is 79.3 cm³/mol. The average Bonchev–Trinajstić information content (AvgIpc) is 2.75. The molecule has 2 heteroatoms. The summed E-state index contributed by atoms with van der Waals surface area (Å²) in [7, 11) is 0. The van der Waals surface area contributed by atoms with E-state index in [0.29, 0.717) is 11.3 Å². The summed E-state index contributed by atoms with van der Waals surface area (Å²) < 4.78 is 6.05. The molecule has 1 saturated carbocycles. The van der Waals surface area contributed by atoms with Crippen LogP contribution in [-0.2, 0) is 0 Å². The molecule has 1 aromatic carbocycles. The highest BCUT2D eigenvalue weighted by Gasteiger charge is 2.35. The van der Waals surface area contributed by atoms with Crippen LogP contribution in [0.2, 0.25) is 0 Å². The van der Waals surface area contributed by atoms with Crippen LogP contribution in [-0.4, -0.2) is 6.04 Å². The van der Waals surface area contributed by atoms with E-state index in [1.54, 1.807) is 0 Å². The Morgan fingerprint density at radius 3 is 2.84 bits per heavy atom. The highest BCUT2D eigenvalue weighted by Crippen LogP contribution is 2.43. The largest absolute Gasteiger partial charge is 0.461 e. The Bertz CT molecular complexity index is 596. The van der Waals surface area contributed by atoms with E-state index < -0.39 is 0 Å². The molecule has 0 radical (unpaired) electrons. The molecule has 0 amide bonds. The molecule has 2 unspecified atom stereocenters. The second-order valence-electron chi connectivity index (χ2n) is 6.87. The van der Waals surface area contributed by atoms with Crippen molar-refractivity contribution >= 4 is 11.0 Å². The van der Waals surface area contributed by atoms with Gasteiger partial charge in [-0.15, -0.1) is 0 Å². The van der Waals surface area contributed by atoms with Crippen molar-refractivity contribution in [3.8, 4) is 0 Å². The van der Waals surface area contributed by atoms with E-state index in [-0.39, 0.29) is 6.04 Å². The fraction of sp³-hybridized carbons (Fsp3) is 0.529. The minimum Gasteiger partial charge on any atom is -0.461 e. The van der Waals surface area contributed by atoms with Gasteiger partial charge in [0.15, 0.2) is 0 Å². The molecule has 0 bridgehead atoms. The zero-order chi connectivity index (χ0) is 13.6. The summed E-state index contributed by atoms with van der Waals surface area (Å²) in [6, 6.07) is 8.76. The highest BCUT2D eigenvalue weighted by atomic mass is 16.3. The molecule has 1 aromatic heterocycles. The van der Waals surface area contributed by atoms with Gasteiger partial charge in [0.25, 0.3) is 0 Å². The molecule has 3 rings (SSSR count). The van der Waals surface area contributed by atoms with E-state index in [4.69, 9.17) is 10.2 Å². The number of benzene rings is 1. The summed E-state index contributed by atoms with van der Waals surface area (Å²) in [4.78, 5) is 0. The summed E-state index contributed by atoms with van der Waals surface area (Å²) in [5.41, 5.74) is 8.95. The monoisotopic (exact) mass is 257 g/mol. The standard InChI is InChI=1S/C17H23NO/c1-11-4-5-15-12(8-11)9-16(19-15)13-10-17(2,3)7-6-14(13)18/h4-5,8-9,13-14H,6-7,10,18H2,1-3H3. The van der Waals surface area contributed by atoms with Gasteiger partial charge in [-0.2, -0.15) is 0 Å². The van der Waals surface area contributed by atoms with Gasteiger partial charge in [0.1, 0.15) is 11.3 Å². The van der Waals surface area contributed by atoms with Crippen LogP contribution in [0, 0.1) is 12.3 Å². The first-order valence-corrected chi connectivity index (χ1v) is 7.20. The molecule has 2 aromatic rings. The van der Waals surface area contributed by atoms with E-state index in [9.17, 15) is 0 Å². The van der Waals surface area contributed by atoms with Gasteiger partial charge in [0, 0.05) is 17.3 Å². The average molecular weight is 257 g/mol. The number of furan rings is 1. The Morgan fingerprint density at radius 2 is 2.05 bits per heavy atom. The van der Waals surface area contributed by atoms with Crippen LogP contribution < -0.4 is 5.73 Å². The second-order valence-corrected chi connectivity index (χ2v) is 6.87.